The zero-order valence-electron chi connectivity index (χ0n) is 8.69. The monoisotopic (exact) mass is 209 g/mol. The Morgan fingerprint density at radius 2 is 2.00 bits per heavy atom. The lowest BCUT2D eigenvalue weighted by Crippen LogP contribution is -2.12. The number of hydrogen-bond acceptors (Lipinski definition) is 3. The topological polar surface area (TPSA) is 72.6 Å². The van der Waals surface area contributed by atoms with Crippen molar-refractivity contribution in [3.05, 3.63) is 23.8 Å². The van der Waals surface area contributed by atoms with E-state index in [0.717, 1.165) is 0 Å². The molecular formula is C11H15NO3. The van der Waals surface area contributed by atoms with Crippen LogP contribution in [0.2, 0.25) is 0 Å². The summed E-state index contributed by atoms with van der Waals surface area (Å²) in [5, 5.41) is 9.21. The first-order valence-electron chi connectivity index (χ1n) is 4.82. The van der Waals surface area contributed by atoms with Crippen LogP contribution in [0.4, 0.5) is 0 Å². The number of carbonyl (C=O) groups excluding carboxylic acids is 1. The van der Waals surface area contributed by atoms with Crippen molar-refractivity contribution in [1.82, 2.24) is 0 Å². The number of methoxy groups -OCH3 is 1. The lowest BCUT2D eigenvalue weighted by atomic mass is 10.1. The predicted molar refractivity (Wildman–Crippen MR) is 57.0 cm³/mol. The number of primary amides is 1. The third kappa shape index (κ3) is 3.50. The van der Waals surface area contributed by atoms with Crippen LogP contribution in [0.1, 0.15) is 29.6 Å². The SMILES string of the molecule is C1CC1.COc1cccc(O)c1C(N)=O. The van der Waals surface area contributed by atoms with E-state index in [1.165, 1.54) is 32.4 Å². The number of phenols is 1. The molecule has 0 bridgehead atoms. The molecule has 4 heteroatoms. The second kappa shape index (κ2) is 5.24. The van der Waals surface area contributed by atoms with E-state index in [2.05, 4.69) is 0 Å². The van der Waals surface area contributed by atoms with Crippen molar-refractivity contribution >= 4 is 5.91 Å². The van der Waals surface area contributed by atoms with E-state index in [4.69, 9.17) is 10.5 Å². The number of ether oxygens (including phenoxy) is 1. The molecule has 1 amide bonds. The summed E-state index contributed by atoms with van der Waals surface area (Å²) in [6.45, 7) is 0. The summed E-state index contributed by atoms with van der Waals surface area (Å²) in [5.41, 5.74) is 5.03. The molecule has 0 aliphatic heterocycles. The number of benzene rings is 1. The minimum atomic E-state index is -0.704. The first kappa shape index (κ1) is 11.4. The molecular weight excluding hydrogens is 194 g/mol. The smallest absolute Gasteiger partial charge is 0.256 e. The first-order valence-corrected chi connectivity index (χ1v) is 4.82. The van der Waals surface area contributed by atoms with Crippen LogP contribution in [0.3, 0.4) is 0 Å². The molecule has 0 atom stereocenters. The van der Waals surface area contributed by atoms with Crippen LogP contribution < -0.4 is 10.5 Å². The molecule has 1 aliphatic carbocycles. The summed E-state index contributed by atoms with van der Waals surface area (Å²) in [5.74, 6) is -0.589. The second-order valence-electron chi connectivity index (χ2n) is 3.28. The highest BCUT2D eigenvalue weighted by Gasteiger charge is 2.12. The summed E-state index contributed by atoms with van der Waals surface area (Å²) in [4.78, 5) is 10.8. The van der Waals surface area contributed by atoms with E-state index in [9.17, 15) is 9.90 Å². The lowest BCUT2D eigenvalue weighted by Gasteiger charge is -2.05. The molecule has 3 N–H and O–H groups in total. The molecule has 15 heavy (non-hydrogen) atoms. The maximum absolute atomic E-state index is 10.8. The molecule has 1 aromatic rings. The van der Waals surface area contributed by atoms with Crippen LogP contribution in [0.5, 0.6) is 11.5 Å². The number of hydrogen-bond donors (Lipinski definition) is 2. The molecule has 0 aromatic heterocycles. The molecule has 2 rings (SSSR count). The average molecular weight is 209 g/mol. The zero-order chi connectivity index (χ0) is 11.3. The van der Waals surface area contributed by atoms with Crippen LogP contribution in [0.15, 0.2) is 18.2 Å². The van der Waals surface area contributed by atoms with Gasteiger partial charge >= 0.3 is 0 Å². The highest BCUT2D eigenvalue weighted by molar-refractivity contribution is 5.98. The molecule has 1 aromatic carbocycles. The van der Waals surface area contributed by atoms with Crippen molar-refractivity contribution in [1.29, 1.82) is 0 Å². The Morgan fingerprint density at radius 1 is 1.40 bits per heavy atom. The van der Waals surface area contributed by atoms with Gasteiger partial charge in [0.15, 0.2) is 0 Å². The Balaban J connectivity index is 0.000000319. The number of aromatic hydroxyl groups is 1. The highest BCUT2D eigenvalue weighted by atomic mass is 16.5. The Labute approximate surface area is 88.7 Å². The van der Waals surface area contributed by atoms with Crippen molar-refractivity contribution in [3.8, 4) is 11.5 Å². The fourth-order valence-electron chi connectivity index (χ4n) is 0.937. The van der Waals surface area contributed by atoms with Crippen molar-refractivity contribution in [3.63, 3.8) is 0 Å². The van der Waals surface area contributed by atoms with Crippen molar-refractivity contribution in [2.45, 2.75) is 19.3 Å². The van der Waals surface area contributed by atoms with E-state index in [0.29, 0.717) is 0 Å². The predicted octanol–water partition coefficient (Wildman–Crippen LogP) is 1.67. The molecule has 0 spiro atoms. The third-order valence-electron chi connectivity index (χ3n) is 1.82. The Hall–Kier alpha value is -1.71. The summed E-state index contributed by atoms with van der Waals surface area (Å²) < 4.78 is 4.83. The van der Waals surface area contributed by atoms with Gasteiger partial charge in [-0.25, -0.2) is 0 Å². The zero-order valence-corrected chi connectivity index (χ0v) is 8.69. The largest absolute Gasteiger partial charge is 0.507 e. The summed E-state index contributed by atoms with van der Waals surface area (Å²) in [7, 11) is 1.40. The van der Waals surface area contributed by atoms with Crippen molar-refractivity contribution in [2.24, 2.45) is 5.73 Å². The molecule has 0 saturated heterocycles. The van der Waals surface area contributed by atoms with E-state index < -0.39 is 5.91 Å². The van der Waals surface area contributed by atoms with Gasteiger partial charge < -0.3 is 15.6 Å². The normalized spacial score (nSPS) is 12.3. The summed E-state index contributed by atoms with van der Waals surface area (Å²) in [6, 6.07) is 4.50. The third-order valence-corrected chi connectivity index (χ3v) is 1.82. The number of rotatable bonds is 2. The average Bonchev–Trinajstić information content (AvgIpc) is 3.03. The standard InChI is InChI=1S/C8H9NO3.C3H6/c1-12-6-4-2-3-5(10)7(6)8(9)11;1-2-3-1/h2-4,10H,1H3,(H2,9,11);1-3H2. The van der Waals surface area contributed by atoms with Gasteiger partial charge in [-0.15, -0.1) is 0 Å². The van der Waals surface area contributed by atoms with E-state index >= 15 is 0 Å². The maximum Gasteiger partial charge on any atom is 0.256 e. The minimum absolute atomic E-state index is 0.0139. The quantitative estimate of drug-likeness (QED) is 0.778. The van der Waals surface area contributed by atoms with Gasteiger partial charge in [-0.3, -0.25) is 4.79 Å². The Morgan fingerprint density at radius 3 is 2.33 bits per heavy atom. The van der Waals surface area contributed by atoms with Gasteiger partial charge in [0.05, 0.1) is 7.11 Å². The molecule has 0 radical (unpaired) electrons. The van der Waals surface area contributed by atoms with Gasteiger partial charge in [-0.2, -0.15) is 0 Å². The van der Waals surface area contributed by atoms with Gasteiger partial charge in [0.1, 0.15) is 17.1 Å². The number of amides is 1. The van der Waals surface area contributed by atoms with E-state index in [-0.39, 0.29) is 17.1 Å². The van der Waals surface area contributed by atoms with Gasteiger partial charge in [0.2, 0.25) is 0 Å². The van der Waals surface area contributed by atoms with Crippen molar-refractivity contribution in [2.75, 3.05) is 7.11 Å². The molecule has 82 valence electrons. The van der Waals surface area contributed by atoms with Crippen LogP contribution in [-0.2, 0) is 0 Å². The van der Waals surface area contributed by atoms with Crippen LogP contribution in [-0.4, -0.2) is 18.1 Å². The van der Waals surface area contributed by atoms with Gasteiger partial charge in [-0.1, -0.05) is 25.3 Å². The number of nitrogens with two attached hydrogens (primary N) is 1. The number of carbonyl (C=O) groups is 1. The Kier molecular flexibility index (Phi) is 3.97. The van der Waals surface area contributed by atoms with Crippen LogP contribution in [0.25, 0.3) is 0 Å². The fourth-order valence-corrected chi connectivity index (χ4v) is 0.937. The molecule has 1 aliphatic rings. The van der Waals surface area contributed by atoms with Gasteiger partial charge in [0, 0.05) is 0 Å². The van der Waals surface area contributed by atoms with Crippen LogP contribution >= 0.6 is 0 Å². The maximum atomic E-state index is 10.8. The van der Waals surface area contributed by atoms with Gasteiger partial charge in [0.25, 0.3) is 5.91 Å². The highest BCUT2D eigenvalue weighted by Crippen LogP contribution is 2.26. The molecule has 4 nitrogen and oxygen atoms in total. The minimum Gasteiger partial charge on any atom is -0.507 e. The lowest BCUT2D eigenvalue weighted by molar-refractivity contribution is 0.0994. The van der Waals surface area contributed by atoms with E-state index in [1.807, 2.05) is 0 Å². The summed E-state index contributed by atoms with van der Waals surface area (Å²) in [6.07, 6.45) is 4.50. The molecule has 1 saturated carbocycles. The van der Waals surface area contributed by atoms with Crippen molar-refractivity contribution < 1.29 is 14.6 Å². The van der Waals surface area contributed by atoms with Gasteiger partial charge in [-0.05, 0) is 12.1 Å². The van der Waals surface area contributed by atoms with E-state index in [1.54, 1.807) is 12.1 Å². The molecule has 0 unspecified atom stereocenters. The Bertz CT molecular complexity index is 345. The molecule has 0 heterocycles. The molecule has 1 fully saturated rings. The summed E-state index contributed by atoms with van der Waals surface area (Å²) >= 11 is 0. The first-order chi connectivity index (χ1) is 7.16. The van der Waals surface area contributed by atoms with Crippen LogP contribution in [0, 0.1) is 0 Å². The second-order valence-corrected chi connectivity index (χ2v) is 3.28. The fraction of sp³-hybridized carbons (Fsp3) is 0.364.